The highest BCUT2D eigenvalue weighted by molar-refractivity contribution is 6.03. The zero-order valence-corrected chi connectivity index (χ0v) is 24.4. The van der Waals surface area contributed by atoms with E-state index >= 15 is 0 Å². The van der Waals surface area contributed by atoms with Crippen molar-refractivity contribution < 1.29 is 14.3 Å². The van der Waals surface area contributed by atoms with Gasteiger partial charge in [0.1, 0.15) is 22.7 Å². The number of benzene rings is 1. The number of fused-ring (bicyclic) bond motifs is 1. The quantitative estimate of drug-likeness (QED) is 0.219. The predicted octanol–water partition coefficient (Wildman–Crippen LogP) is 4.84. The molecule has 0 bridgehead atoms. The van der Waals surface area contributed by atoms with Gasteiger partial charge in [-0.1, -0.05) is 0 Å². The van der Waals surface area contributed by atoms with Crippen LogP contribution < -0.4 is 15.4 Å². The number of aryl methyl sites for hydroxylation is 1. The Morgan fingerprint density at radius 2 is 1.90 bits per heavy atom. The van der Waals surface area contributed by atoms with Gasteiger partial charge < -0.3 is 25.2 Å². The summed E-state index contributed by atoms with van der Waals surface area (Å²) in [7, 11) is 4.10. The smallest absolute Gasteiger partial charge is 0.256 e. The lowest BCUT2D eigenvalue weighted by Gasteiger charge is -2.33. The summed E-state index contributed by atoms with van der Waals surface area (Å²) in [6, 6.07) is 12.5. The third-order valence-corrected chi connectivity index (χ3v) is 7.29. The van der Waals surface area contributed by atoms with Crippen molar-refractivity contribution in [2.75, 3.05) is 44.4 Å². The minimum atomic E-state index is -0.249. The normalized spacial score (nSPS) is 15.1. The van der Waals surface area contributed by atoms with Gasteiger partial charge in [-0.3, -0.25) is 14.7 Å². The Labute approximate surface area is 245 Å². The summed E-state index contributed by atoms with van der Waals surface area (Å²) < 4.78 is 6.23. The summed E-state index contributed by atoms with van der Waals surface area (Å²) in [6.45, 7) is 4.37. The van der Waals surface area contributed by atoms with E-state index in [1.54, 1.807) is 42.7 Å². The lowest BCUT2D eigenvalue weighted by atomic mass is 10.0. The van der Waals surface area contributed by atoms with Gasteiger partial charge in [0, 0.05) is 49.6 Å². The summed E-state index contributed by atoms with van der Waals surface area (Å²) in [5, 5.41) is 14.5. The average Bonchev–Trinajstić information content (AvgIpc) is 3.39. The molecule has 11 nitrogen and oxygen atoms in total. The molecule has 220 valence electrons. The first-order valence-corrected chi connectivity index (χ1v) is 14.4. The standard InChI is InChI=1S/C31H38N8O3/c1-21-13-15-32-26(19-21)35-31(41)22-9-11-24(12-10-22)42-25-14-16-33-29-28(25)30(37-36-29)34-23-7-6-18-39(20-23)27(40)8-4-5-17-38(2)3/h9-16,19,23H,4-8,17-18,20H2,1-3H3,(H,32,35,41)(H2,33,34,36,37)/t23-/m1/s1. The number of hydrogen-bond acceptors (Lipinski definition) is 8. The van der Waals surface area contributed by atoms with Crippen LogP contribution in [0.5, 0.6) is 11.5 Å². The Morgan fingerprint density at radius 1 is 1.10 bits per heavy atom. The molecule has 2 amide bonds. The van der Waals surface area contributed by atoms with E-state index in [0.29, 0.717) is 47.3 Å². The number of hydrogen-bond donors (Lipinski definition) is 3. The average molecular weight is 571 g/mol. The van der Waals surface area contributed by atoms with Crippen LogP contribution in [0.2, 0.25) is 0 Å². The molecule has 42 heavy (non-hydrogen) atoms. The Kier molecular flexibility index (Phi) is 9.28. The SMILES string of the molecule is Cc1ccnc(NC(=O)c2ccc(Oc3ccnc4[nH]nc(N[C@@H]5CCCN(C(=O)CCCCN(C)C)C5)c34)cc2)c1. The van der Waals surface area contributed by atoms with Crippen molar-refractivity contribution in [2.45, 2.75) is 45.1 Å². The highest BCUT2D eigenvalue weighted by Gasteiger charge is 2.25. The number of rotatable bonds is 11. The first-order chi connectivity index (χ1) is 20.4. The number of nitrogens with zero attached hydrogens (tertiary/aromatic N) is 5. The molecule has 1 aliphatic heterocycles. The molecule has 1 fully saturated rings. The van der Waals surface area contributed by atoms with Gasteiger partial charge in [-0.25, -0.2) is 9.97 Å². The predicted molar refractivity (Wildman–Crippen MR) is 163 cm³/mol. The molecule has 3 aromatic heterocycles. The van der Waals surface area contributed by atoms with E-state index in [2.05, 4.69) is 49.8 Å². The molecule has 1 atom stereocenters. The van der Waals surface area contributed by atoms with Gasteiger partial charge in [0.15, 0.2) is 11.5 Å². The number of pyridine rings is 2. The zero-order chi connectivity index (χ0) is 29.5. The Hall–Kier alpha value is -4.51. The molecule has 1 aliphatic rings. The molecule has 0 radical (unpaired) electrons. The summed E-state index contributed by atoms with van der Waals surface area (Å²) >= 11 is 0. The number of nitrogens with one attached hydrogen (secondary N) is 3. The molecular weight excluding hydrogens is 532 g/mol. The Balaban J connectivity index is 1.23. The molecule has 0 spiro atoms. The van der Waals surface area contributed by atoms with Crippen LogP contribution in [0, 0.1) is 6.92 Å². The van der Waals surface area contributed by atoms with Crippen LogP contribution in [0.25, 0.3) is 11.0 Å². The van der Waals surface area contributed by atoms with Crippen molar-refractivity contribution in [3.05, 3.63) is 66.0 Å². The number of ether oxygens (including phenoxy) is 1. The van der Waals surface area contributed by atoms with Crippen molar-refractivity contribution in [1.29, 1.82) is 0 Å². The summed E-state index contributed by atoms with van der Waals surface area (Å²) in [6.07, 6.45) is 7.70. The number of anilines is 2. The molecule has 4 heterocycles. The largest absolute Gasteiger partial charge is 0.456 e. The van der Waals surface area contributed by atoms with Gasteiger partial charge in [0.2, 0.25) is 5.91 Å². The number of likely N-dealkylation sites (tertiary alicyclic amines) is 1. The van der Waals surface area contributed by atoms with Crippen LogP contribution in [0.15, 0.2) is 54.9 Å². The number of unbranched alkanes of at least 4 members (excludes halogenated alkanes) is 1. The van der Waals surface area contributed by atoms with Crippen molar-refractivity contribution in [3.8, 4) is 11.5 Å². The maximum absolute atomic E-state index is 12.8. The lowest BCUT2D eigenvalue weighted by molar-refractivity contribution is -0.132. The number of piperidine rings is 1. The fraction of sp³-hybridized carbons (Fsp3) is 0.387. The van der Waals surface area contributed by atoms with Crippen LogP contribution in [-0.4, -0.2) is 81.6 Å². The fourth-order valence-corrected chi connectivity index (χ4v) is 5.08. The lowest BCUT2D eigenvalue weighted by Crippen LogP contribution is -2.45. The van der Waals surface area contributed by atoms with Gasteiger partial charge in [-0.2, -0.15) is 5.10 Å². The second kappa shape index (κ2) is 13.4. The molecule has 0 saturated carbocycles. The van der Waals surface area contributed by atoms with Crippen LogP contribution in [0.1, 0.15) is 48.0 Å². The van der Waals surface area contributed by atoms with Gasteiger partial charge in [0.05, 0.1) is 0 Å². The molecule has 4 aromatic rings. The van der Waals surface area contributed by atoms with E-state index in [-0.39, 0.29) is 17.9 Å². The third kappa shape index (κ3) is 7.41. The second-order valence-corrected chi connectivity index (χ2v) is 11.0. The third-order valence-electron chi connectivity index (χ3n) is 7.29. The van der Waals surface area contributed by atoms with Crippen LogP contribution in [-0.2, 0) is 4.79 Å². The molecular formula is C31H38N8O3. The fourth-order valence-electron chi connectivity index (χ4n) is 5.08. The Morgan fingerprint density at radius 3 is 2.69 bits per heavy atom. The van der Waals surface area contributed by atoms with Crippen LogP contribution >= 0.6 is 0 Å². The monoisotopic (exact) mass is 570 g/mol. The second-order valence-electron chi connectivity index (χ2n) is 11.0. The number of carbonyl (C=O) groups excluding carboxylic acids is 2. The van der Waals surface area contributed by atoms with E-state index in [1.807, 2.05) is 24.0 Å². The Bertz CT molecular complexity index is 1520. The van der Waals surface area contributed by atoms with E-state index < -0.39 is 0 Å². The molecule has 5 rings (SSSR count). The number of amides is 2. The summed E-state index contributed by atoms with van der Waals surface area (Å²) in [5.41, 5.74) is 2.10. The molecule has 0 aliphatic carbocycles. The number of H-pyrrole nitrogens is 1. The van der Waals surface area contributed by atoms with Gasteiger partial charge in [-0.15, -0.1) is 0 Å². The van der Waals surface area contributed by atoms with Gasteiger partial charge >= 0.3 is 0 Å². The highest BCUT2D eigenvalue weighted by Crippen LogP contribution is 2.33. The van der Waals surface area contributed by atoms with E-state index in [9.17, 15) is 9.59 Å². The molecule has 11 heteroatoms. The molecule has 3 N–H and O–H groups in total. The van der Waals surface area contributed by atoms with Crippen molar-refractivity contribution in [2.24, 2.45) is 0 Å². The minimum absolute atomic E-state index is 0.0738. The van der Waals surface area contributed by atoms with E-state index in [0.717, 1.165) is 49.7 Å². The topological polar surface area (TPSA) is 128 Å². The molecule has 0 unspecified atom stereocenters. The maximum Gasteiger partial charge on any atom is 0.256 e. The van der Waals surface area contributed by atoms with E-state index in [4.69, 9.17) is 4.74 Å². The van der Waals surface area contributed by atoms with Crippen molar-refractivity contribution >= 4 is 34.5 Å². The van der Waals surface area contributed by atoms with Crippen LogP contribution in [0.4, 0.5) is 11.6 Å². The van der Waals surface area contributed by atoms with E-state index in [1.165, 1.54) is 0 Å². The van der Waals surface area contributed by atoms with Crippen molar-refractivity contribution in [3.63, 3.8) is 0 Å². The van der Waals surface area contributed by atoms with Crippen molar-refractivity contribution in [1.82, 2.24) is 30.0 Å². The first-order valence-electron chi connectivity index (χ1n) is 14.4. The molecule has 1 saturated heterocycles. The maximum atomic E-state index is 12.8. The molecule has 1 aromatic carbocycles. The summed E-state index contributed by atoms with van der Waals surface area (Å²) in [5.74, 6) is 2.27. The zero-order valence-electron chi connectivity index (χ0n) is 24.4. The number of aromatic amines is 1. The summed E-state index contributed by atoms with van der Waals surface area (Å²) in [4.78, 5) is 38.2. The minimum Gasteiger partial charge on any atom is -0.456 e. The highest BCUT2D eigenvalue weighted by atomic mass is 16.5. The van der Waals surface area contributed by atoms with Crippen LogP contribution in [0.3, 0.4) is 0 Å². The van der Waals surface area contributed by atoms with Gasteiger partial charge in [0.25, 0.3) is 5.91 Å². The van der Waals surface area contributed by atoms with Gasteiger partial charge in [-0.05, 0) is 95.2 Å². The number of aromatic nitrogens is 4. The first kappa shape index (κ1) is 29.0. The number of carbonyl (C=O) groups is 2.